The molecule has 0 aliphatic heterocycles. The molecule has 0 radical (unpaired) electrons. The molecule has 2 saturated carbocycles. The molecule has 1 unspecified atom stereocenters. The minimum absolute atomic E-state index is 0.829. The second-order valence-corrected chi connectivity index (χ2v) is 7.12. The minimum Gasteiger partial charge on any atom is -0.314 e. The molecular weight excluding hydrogens is 230 g/mol. The van der Waals surface area contributed by atoms with Gasteiger partial charge in [0.1, 0.15) is 0 Å². The van der Waals surface area contributed by atoms with Gasteiger partial charge in [0.05, 0.1) is 0 Å². The maximum absolute atomic E-state index is 3.83. The molecule has 1 N–H and O–H groups in total. The fourth-order valence-corrected chi connectivity index (χ4v) is 4.60. The Labute approximate surface area is 120 Å². The first-order valence-corrected chi connectivity index (χ1v) is 9.06. The van der Waals surface area contributed by atoms with E-state index in [4.69, 9.17) is 0 Å². The van der Waals surface area contributed by atoms with E-state index in [0.717, 1.165) is 30.3 Å². The van der Waals surface area contributed by atoms with E-state index in [2.05, 4.69) is 19.2 Å². The Balaban J connectivity index is 1.78. The van der Waals surface area contributed by atoms with E-state index in [1.807, 2.05) is 0 Å². The molecule has 1 heteroatoms. The third-order valence-electron chi connectivity index (χ3n) is 5.69. The zero-order chi connectivity index (χ0) is 13.5. The van der Waals surface area contributed by atoms with Gasteiger partial charge in [0.25, 0.3) is 0 Å². The van der Waals surface area contributed by atoms with E-state index in [0.29, 0.717) is 0 Å². The van der Waals surface area contributed by atoms with E-state index in [1.54, 1.807) is 0 Å². The third kappa shape index (κ3) is 4.77. The van der Waals surface area contributed by atoms with Gasteiger partial charge >= 0.3 is 0 Å². The average molecular weight is 265 g/mol. The molecule has 1 atom stereocenters. The van der Waals surface area contributed by atoms with Gasteiger partial charge in [-0.15, -0.1) is 0 Å². The lowest BCUT2D eigenvalue weighted by Crippen LogP contribution is -2.39. The van der Waals surface area contributed by atoms with Crippen LogP contribution in [0.15, 0.2) is 0 Å². The number of rotatable bonds is 7. The lowest BCUT2D eigenvalue weighted by molar-refractivity contribution is 0.195. The highest BCUT2D eigenvalue weighted by atomic mass is 14.9. The van der Waals surface area contributed by atoms with Gasteiger partial charge in [-0.1, -0.05) is 65.2 Å². The first-order chi connectivity index (χ1) is 9.33. The van der Waals surface area contributed by atoms with Crippen LogP contribution in [0, 0.1) is 17.8 Å². The van der Waals surface area contributed by atoms with Crippen LogP contribution in [0.5, 0.6) is 0 Å². The first-order valence-electron chi connectivity index (χ1n) is 9.06. The molecule has 0 saturated heterocycles. The Morgan fingerprint density at radius 1 is 0.895 bits per heavy atom. The van der Waals surface area contributed by atoms with Gasteiger partial charge in [-0.05, 0) is 43.6 Å². The molecule has 0 aromatic carbocycles. The van der Waals surface area contributed by atoms with Crippen LogP contribution in [-0.4, -0.2) is 12.6 Å². The highest BCUT2D eigenvalue weighted by Crippen LogP contribution is 2.37. The number of nitrogens with one attached hydrogen (secondary N) is 1. The van der Waals surface area contributed by atoms with Crippen molar-refractivity contribution in [3.05, 3.63) is 0 Å². The van der Waals surface area contributed by atoms with E-state index in [1.165, 1.54) is 70.6 Å². The summed E-state index contributed by atoms with van der Waals surface area (Å²) in [7, 11) is 0. The van der Waals surface area contributed by atoms with Crippen molar-refractivity contribution in [3.63, 3.8) is 0 Å². The molecule has 2 rings (SSSR count). The molecule has 2 aliphatic carbocycles. The van der Waals surface area contributed by atoms with Crippen LogP contribution in [-0.2, 0) is 0 Å². The van der Waals surface area contributed by atoms with Gasteiger partial charge < -0.3 is 5.32 Å². The average Bonchev–Trinajstić information content (AvgIpc) is 2.93. The molecule has 2 fully saturated rings. The van der Waals surface area contributed by atoms with Crippen molar-refractivity contribution >= 4 is 0 Å². The first kappa shape index (κ1) is 15.4. The Morgan fingerprint density at radius 2 is 1.58 bits per heavy atom. The predicted molar refractivity (Wildman–Crippen MR) is 84.4 cm³/mol. The summed E-state index contributed by atoms with van der Waals surface area (Å²) in [6, 6.07) is 0.829. The van der Waals surface area contributed by atoms with Gasteiger partial charge in [-0.2, -0.15) is 0 Å². The maximum Gasteiger partial charge on any atom is 0.00978 e. The van der Waals surface area contributed by atoms with Crippen LogP contribution < -0.4 is 5.32 Å². The Morgan fingerprint density at radius 3 is 2.16 bits per heavy atom. The summed E-state index contributed by atoms with van der Waals surface area (Å²) in [6.45, 7) is 5.78. The SMILES string of the molecule is CCCC1CCC(C(CC2CCCC2)NCC)CC1. The topological polar surface area (TPSA) is 12.0 Å². The number of hydrogen-bond acceptors (Lipinski definition) is 1. The monoisotopic (exact) mass is 265 g/mol. The Kier molecular flexibility index (Phi) is 6.70. The van der Waals surface area contributed by atoms with Crippen molar-refractivity contribution in [2.75, 3.05) is 6.54 Å². The highest BCUT2D eigenvalue weighted by molar-refractivity contribution is 4.84. The van der Waals surface area contributed by atoms with Crippen LogP contribution >= 0.6 is 0 Å². The van der Waals surface area contributed by atoms with Crippen molar-refractivity contribution in [2.24, 2.45) is 17.8 Å². The molecule has 19 heavy (non-hydrogen) atoms. The summed E-state index contributed by atoms with van der Waals surface area (Å²) in [5.41, 5.74) is 0. The maximum atomic E-state index is 3.83. The molecular formula is C18H35N. The fourth-order valence-electron chi connectivity index (χ4n) is 4.60. The Hall–Kier alpha value is -0.0400. The molecule has 0 amide bonds. The van der Waals surface area contributed by atoms with E-state index in [9.17, 15) is 0 Å². The van der Waals surface area contributed by atoms with E-state index >= 15 is 0 Å². The van der Waals surface area contributed by atoms with Crippen molar-refractivity contribution in [2.45, 2.75) is 90.5 Å². The van der Waals surface area contributed by atoms with Crippen LogP contribution in [0.3, 0.4) is 0 Å². The smallest absolute Gasteiger partial charge is 0.00978 e. The molecule has 0 spiro atoms. The summed E-state index contributed by atoms with van der Waals surface area (Å²) < 4.78 is 0. The molecule has 112 valence electrons. The third-order valence-corrected chi connectivity index (χ3v) is 5.69. The lowest BCUT2D eigenvalue weighted by Gasteiger charge is -2.35. The highest BCUT2D eigenvalue weighted by Gasteiger charge is 2.29. The van der Waals surface area contributed by atoms with Crippen molar-refractivity contribution in [1.29, 1.82) is 0 Å². The fraction of sp³-hybridized carbons (Fsp3) is 1.00. The molecule has 0 aromatic heterocycles. The second kappa shape index (κ2) is 8.29. The second-order valence-electron chi connectivity index (χ2n) is 7.12. The quantitative estimate of drug-likeness (QED) is 0.671. The van der Waals surface area contributed by atoms with Crippen LogP contribution in [0.4, 0.5) is 0 Å². The van der Waals surface area contributed by atoms with Gasteiger partial charge in [0.2, 0.25) is 0 Å². The Bertz CT molecular complexity index is 224. The summed E-state index contributed by atoms with van der Waals surface area (Å²) in [6.07, 6.45) is 16.3. The van der Waals surface area contributed by atoms with Crippen LogP contribution in [0.1, 0.15) is 84.5 Å². The number of hydrogen-bond donors (Lipinski definition) is 1. The predicted octanol–water partition coefficient (Wildman–Crippen LogP) is 5.15. The van der Waals surface area contributed by atoms with E-state index < -0.39 is 0 Å². The van der Waals surface area contributed by atoms with Crippen LogP contribution in [0.2, 0.25) is 0 Å². The molecule has 2 aliphatic rings. The molecule has 1 nitrogen and oxygen atoms in total. The van der Waals surface area contributed by atoms with Gasteiger partial charge in [0.15, 0.2) is 0 Å². The zero-order valence-electron chi connectivity index (χ0n) is 13.3. The van der Waals surface area contributed by atoms with E-state index in [-0.39, 0.29) is 0 Å². The summed E-state index contributed by atoms with van der Waals surface area (Å²) in [4.78, 5) is 0. The summed E-state index contributed by atoms with van der Waals surface area (Å²) in [5, 5.41) is 3.83. The van der Waals surface area contributed by atoms with Crippen LogP contribution in [0.25, 0.3) is 0 Å². The standard InChI is InChI=1S/C18H35N/c1-3-7-15-10-12-17(13-11-15)18(19-4-2)14-16-8-5-6-9-16/h15-19H,3-14H2,1-2H3. The summed E-state index contributed by atoms with van der Waals surface area (Å²) >= 11 is 0. The largest absolute Gasteiger partial charge is 0.314 e. The summed E-state index contributed by atoms with van der Waals surface area (Å²) in [5.74, 6) is 3.07. The van der Waals surface area contributed by atoms with Crippen molar-refractivity contribution in [3.8, 4) is 0 Å². The van der Waals surface area contributed by atoms with Gasteiger partial charge in [0, 0.05) is 6.04 Å². The minimum atomic E-state index is 0.829. The van der Waals surface area contributed by atoms with Crippen molar-refractivity contribution < 1.29 is 0 Å². The molecule has 0 heterocycles. The van der Waals surface area contributed by atoms with Crippen molar-refractivity contribution in [1.82, 2.24) is 5.32 Å². The normalized spacial score (nSPS) is 30.6. The van der Waals surface area contributed by atoms with Gasteiger partial charge in [-0.25, -0.2) is 0 Å². The molecule has 0 bridgehead atoms. The zero-order valence-corrected chi connectivity index (χ0v) is 13.3. The van der Waals surface area contributed by atoms with Gasteiger partial charge in [-0.3, -0.25) is 0 Å². The molecule has 0 aromatic rings. The lowest BCUT2D eigenvalue weighted by atomic mass is 9.75.